The molecule has 0 saturated carbocycles. The van der Waals surface area contributed by atoms with Crippen LogP contribution in [0.3, 0.4) is 0 Å². The van der Waals surface area contributed by atoms with E-state index in [0.29, 0.717) is 0 Å². The van der Waals surface area contributed by atoms with Crippen LogP contribution in [-0.2, 0) is 19.9 Å². The lowest BCUT2D eigenvalue weighted by Crippen LogP contribution is -2.23. The number of hydrogen-bond acceptors (Lipinski definition) is 3. The Morgan fingerprint density at radius 2 is 2.21 bits per heavy atom. The number of fused-ring (bicyclic) bond motifs is 1. The zero-order valence-electron chi connectivity index (χ0n) is 8.36. The Hall–Kier alpha value is -1.16. The van der Waals surface area contributed by atoms with E-state index in [-0.39, 0.29) is 11.6 Å². The van der Waals surface area contributed by atoms with E-state index in [9.17, 15) is 4.79 Å². The monoisotopic (exact) mass is 193 g/mol. The van der Waals surface area contributed by atoms with Crippen molar-refractivity contribution < 1.29 is 0 Å². The van der Waals surface area contributed by atoms with Crippen LogP contribution in [-0.4, -0.2) is 15.6 Å². The molecular weight excluding hydrogens is 178 g/mol. The first-order valence-electron chi connectivity index (χ1n) is 4.97. The second-order valence-corrected chi connectivity index (χ2v) is 3.92. The van der Waals surface area contributed by atoms with Gasteiger partial charge in [-0.05, 0) is 25.7 Å². The molecule has 1 aromatic heterocycles. The Morgan fingerprint density at radius 1 is 1.50 bits per heavy atom. The highest BCUT2D eigenvalue weighted by atomic mass is 16.1. The van der Waals surface area contributed by atoms with Crippen LogP contribution in [0.2, 0.25) is 0 Å². The van der Waals surface area contributed by atoms with Gasteiger partial charge in [-0.3, -0.25) is 4.79 Å². The van der Waals surface area contributed by atoms with Gasteiger partial charge in [0.25, 0.3) is 5.56 Å². The van der Waals surface area contributed by atoms with Gasteiger partial charge in [0, 0.05) is 18.7 Å². The maximum atomic E-state index is 11.8. The molecule has 14 heavy (non-hydrogen) atoms. The minimum atomic E-state index is 0.0871. The van der Waals surface area contributed by atoms with E-state index in [1.54, 1.807) is 13.4 Å². The third-order valence-corrected chi connectivity index (χ3v) is 2.83. The van der Waals surface area contributed by atoms with Gasteiger partial charge >= 0.3 is 0 Å². The van der Waals surface area contributed by atoms with Gasteiger partial charge in [0.15, 0.2) is 0 Å². The van der Waals surface area contributed by atoms with Crippen LogP contribution in [0.5, 0.6) is 0 Å². The average molecular weight is 193 g/mol. The summed E-state index contributed by atoms with van der Waals surface area (Å²) in [5.41, 5.74) is 7.76. The van der Waals surface area contributed by atoms with E-state index in [1.807, 2.05) is 0 Å². The van der Waals surface area contributed by atoms with E-state index in [0.717, 1.165) is 36.9 Å². The largest absolute Gasteiger partial charge is 0.328 e. The lowest BCUT2D eigenvalue weighted by atomic mass is 10.1. The summed E-state index contributed by atoms with van der Waals surface area (Å²) in [5, 5.41) is 0. The molecule has 0 fully saturated rings. The highest BCUT2D eigenvalue weighted by molar-refractivity contribution is 5.19. The van der Waals surface area contributed by atoms with Crippen molar-refractivity contribution in [3.05, 3.63) is 27.9 Å². The zero-order valence-corrected chi connectivity index (χ0v) is 8.36. The maximum absolute atomic E-state index is 11.8. The first-order chi connectivity index (χ1) is 6.68. The quantitative estimate of drug-likeness (QED) is 0.589. The molecule has 2 rings (SSSR count). The van der Waals surface area contributed by atoms with Gasteiger partial charge < -0.3 is 10.3 Å². The molecule has 0 saturated heterocycles. The lowest BCUT2D eigenvalue weighted by Gasteiger charge is -2.04. The van der Waals surface area contributed by atoms with Crippen LogP contribution in [0.4, 0.5) is 0 Å². The molecule has 4 nitrogen and oxygen atoms in total. The molecule has 76 valence electrons. The van der Waals surface area contributed by atoms with Crippen LogP contribution in [0.15, 0.2) is 11.1 Å². The molecule has 1 aromatic rings. The number of aryl methyl sites for hydroxylation is 2. The van der Waals surface area contributed by atoms with Crippen molar-refractivity contribution in [2.75, 3.05) is 0 Å². The number of rotatable bonds is 0. The molecule has 2 N–H and O–H groups in total. The minimum absolute atomic E-state index is 0.0871. The molecule has 0 aromatic carbocycles. The van der Waals surface area contributed by atoms with Gasteiger partial charge in [-0.2, -0.15) is 0 Å². The second-order valence-electron chi connectivity index (χ2n) is 3.92. The molecule has 4 heteroatoms. The molecule has 1 aliphatic rings. The molecular formula is C10H15N3O. The molecule has 0 aliphatic heterocycles. The van der Waals surface area contributed by atoms with Crippen LogP contribution in [0, 0.1) is 0 Å². The van der Waals surface area contributed by atoms with Gasteiger partial charge in [0.1, 0.15) is 0 Å². The summed E-state index contributed by atoms with van der Waals surface area (Å²) >= 11 is 0. The molecule has 0 amide bonds. The maximum Gasteiger partial charge on any atom is 0.256 e. The number of hydrogen-bond donors (Lipinski definition) is 1. The van der Waals surface area contributed by atoms with Crippen molar-refractivity contribution >= 4 is 0 Å². The third-order valence-electron chi connectivity index (χ3n) is 2.83. The first kappa shape index (κ1) is 9.40. The summed E-state index contributed by atoms with van der Waals surface area (Å²) in [6, 6.07) is 0.217. The Bertz CT molecular complexity index is 397. The molecule has 1 atom stereocenters. The highest BCUT2D eigenvalue weighted by Gasteiger charge is 2.17. The Balaban J connectivity index is 2.46. The normalized spacial score (nSPS) is 21.4. The van der Waals surface area contributed by atoms with Crippen LogP contribution in [0.25, 0.3) is 0 Å². The SMILES string of the molecule is Cn1cnc2c(c1=O)CCC(N)CC2. The van der Waals surface area contributed by atoms with Crippen molar-refractivity contribution in [1.82, 2.24) is 9.55 Å². The van der Waals surface area contributed by atoms with Gasteiger partial charge in [-0.15, -0.1) is 0 Å². The summed E-state index contributed by atoms with van der Waals surface area (Å²) in [6.45, 7) is 0. The van der Waals surface area contributed by atoms with Gasteiger partial charge in [-0.25, -0.2) is 4.98 Å². The first-order valence-corrected chi connectivity index (χ1v) is 4.97. The van der Waals surface area contributed by atoms with E-state index in [2.05, 4.69) is 4.98 Å². The van der Waals surface area contributed by atoms with Crippen molar-refractivity contribution in [3.63, 3.8) is 0 Å². The van der Waals surface area contributed by atoms with Crippen molar-refractivity contribution in [1.29, 1.82) is 0 Å². The molecule has 1 unspecified atom stereocenters. The summed E-state index contributed by atoms with van der Waals surface area (Å²) in [4.78, 5) is 16.0. The summed E-state index contributed by atoms with van der Waals surface area (Å²) < 4.78 is 1.54. The van der Waals surface area contributed by atoms with Gasteiger partial charge in [-0.1, -0.05) is 0 Å². The summed E-state index contributed by atoms with van der Waals surface area (Å²) in [7, 11) is 1.74. The molecule has 0 bridgehead atoms. The average Bonchev–Trinajstić information content (AvgIpc) is 2.35. The van der Waals surface area contributed by atoms with Crippen molar-refractivity contribution in [3.8, 4) is 0 Å². The molecule has 1 heterocycles. The number of aromatic nitrogens is 2. The summed E-state index contributed by atoms with van der Waals surface area (Å²) in [5.74, 6) is 0. The summed E-state index contributed by atoms with van der Waals surface area (Å²) in [6.07, 6.45) is 5.04. The van der Waals surface area contributed by atoms with Crippen molar-refractivity contribution in [2.24, 2.45) is 12.8 Å². The zero-order chi connectivity index (χ0) is 10.1. The fourth-order valence-electron chi connectivity index (χ4n) is 1.89. The van der Waals surface area contributed by atoms with Crippen LogP contribution in [0.1, 0.15) is 24.1 Å². The van der Waals surface area contributed by atoms with Crippen LogP contribution >= 0.6 is 0 Å². The molecule has 0 spiro atoms. The van der Waals surface area contributed by atoms with Gasteiger partial charge in [0.05, 0.1) is 12.0 Å². The smallest absolute Gasteiger partial charge is 0.256 e. The van der Waals surface area contributed by atoms with Crippen molar-refractivity contribution in [2.45, 2.75) is 31.7 Å². The van der Waals surface area contributed by atoms with E-state index in [1.165, 1.54) is 4.57 Å². The molecule has 0 radical (unpaired) electrons. The minimum Gasteiger partial charge on any atom is -0.328 e. The fraction of sp³-hybridized carbons (Fsp3) is 0.600. The van der Waals surface area contributed by atoms with E-state index >= 15 is 0 Å². The standard InChI is InChI=1S/C10H15N3O/c1-13-6-12-9-5-3-7(11)2-4-8(9)10(13)14/h6-7H,2-5,11H2,1H3. The van der Waals surface area contributed by atoms with Gasteiger partial charge in [0.2, 0.25) is 0 Å². The third kappa shape index (κ3) is 1.57. The Labute approximate surface area is 82.8 Å². The van der Waals surface area contributed by atoms with E-state index in [4.69, 9.17) is 5.73 Å². The predicted octanol–water partition coefficient (Wildman–Crippen LogP) is -0.0136. The predicted molar refractivity (Wildman–Crippen MR) is 54.1 cm³/mol. The second kappa shape index (κ2) is 3.53. The van der Waals surface area contributed by atoms with E-state index < -0.39 is 0 Å². The molecule has 1 aliphatic carbocycles. The lowest BCUT2D eigenvalue weighted by molar-refractivity contribution is 0.587. The fourth-order valence-corrected chi connectivity index (χ4v) is 1.89. The van der Waals surface area contributed by atoms with Crippen LogP contribution < -0.4 is 11.3 Å². The topological polar surface area (TPSA) is 60.9 Å². The Morgan fingerprint density at radius 3 is 3.00 bits per heavy atom. The number of nitrogens with two attached hydrogens (primary N) is 1. The number of nitrogens with zero attached hydrogens (tertiary/aromatic N) is 2. The highest BCUT2D eigenvalue weighted by Crippen LogP contribution is 2.14. The Kier molecular flexibility index (Phi) is 2.37.